The highest BCUT2D eigenvalue weighted by Gasteiger charge is 2.42. The average Bonchev–Trinajstić information content (AvgIpc) is 2.84. The molecule has 0 saturated carbocycles. The second-order valence-corrected chi connectivity index (χ2v) is 5.55. The molecule has 1 saturated heterocycles. The van der Waals surface area contributed by atoms with Gasteiger partial charge in [0.15, 0.2) is 0 Å². The number of halogens is 1. The molecule has 96 valence electrons. The lowest BCUT2D eigenvalue weighted by atomic mass is 9.85. The van der Waals surface area contributed by atoms with Gasteiger partial charge in [-0.15, -0.1) is 0 Å². The standard InChI is InChI=1S/C13H16ClN3O/c1-13(7-18-6-10(13)15)12-16-9-5-3-4-8(14)11(9)17(12)2/h3-5,10H,6-7,15H2,1-2H3. The SMILES string of the molecule is Cn1c(C2(C)COCC2N)nc2cccc(Cl)c21. The fourth-order valence-corrected chi connectivity index (χ4v) is 2.95. The first kappa shape index (κ1) is 12.0. The minimum absolute atomic E-state index is 0.0354. The monoisotopic (exact) mass is 265 g/mol. The van der Waals surface area contributed by atoms with E-state index in [0.29, 0.717) is 18.2 Å². The number of nitrogens with two attached hydrogens (primary N) is 1. The van der Waals surface area contributed by atoms with Crippen LogP contribution in [0.1, 0.15) is 12.7 Å². The summed E-state index contributed by atoms with van der Waals surface area (Å²) in [4.78, 5) is 4.70. The minimum atomic E-state index is -0.253. The van der Waals surface area contributed by atoms with Crippen LogP contribution in [0.2, 0.25) is 5.02 Å². The molecule has 2 N–H and O–H groups in total. The Hall–Kier alpha value is -1.10. The predicted octanol–water partition coefficient (Wildman–Crippen LogP) is 1.84. The van der Waals surface area contributed by atoms with E-state index in [-0.39, 0.29) is 11.5 Å². The Balaban J connectivity index is 2.25. The normalized spacial score (nSPS) is 28.1. The first-order chi connectivity index (χ1) is 8.54. The summed E-state index contributed by atoms with van der Waals surface area (Å²) in [5.74, 6) is 0.940. The molecule has 0 amide bonds. The number of hydrogen-bond donors (Lipinski definition) is 1. The minimum Gasteiger partial charge on any atom is -0.379 e. The van der Waals surface area contributed by atoms with E-state index in [2.05, 4.69) is 6.92 Å². The molecule has 3 rings (SSSR count). The Bertz CT molecular complexity index is 610. The maximum Gasteiger partial charge on any atom is 0.119 e. The zero-order chi connectivity index (χ0) is 12.9. The Morgan fingerprint density at radius 1 is 1.56 bits per heavy atom. The predicted molar refractivity (Wildman–Crippen MR) is 71.9 cm³/mol. The van der Waals surface area contributed by atoms with E-state index in [1.807, 2.05) is 29.8 Å². The van der Waals surface area contributed by atoms with Crippen molar-refractivity contribution in [1.29, 1.82) is 0 Å². The molecule has 1 aromatic carbocycles. The van der Waals surface area contributed by atoms with Crippen LogP contribution in [0, 0.1) is 0 Å². The molecule has 1 aromatic heterocycles. The van der Waals surface area contributed by atoms with Gasteiger partial charge in [-0.05, 0) is 19.1 Å². The van der Waals surface area contributed by atoms with Crippen LogP contribution >= 0.6 is 11.6 Å². The Labute approximate surface area is 111 Å². The Morgan fingerprint density at radius 3 is 2.94 bits per heavy atom. The van der Waals surface area contributed by atoms with Gasteiger partial charge in [0.1, 0.15) is 5.82 Å². The smallest absolute Gasteiger partial charge is 0.119 e. The first-order valence-corrected chi connectivity index (χ1v) is 6.36. The summed E-state index contributed by atoms with van der Waals surface area (Å²) in [5.41, 5.74) is 7.77. The second-order valence-electron chi connectivity index (χ2n) is 5.14. The number of aromatic nitrogens is 2. The van der Waals surface area contributed by atoms with E-state index in [1.165, 1.54) is 0 Å². The van der Waals surface area contributed by atoms with Crippen molar-refractivity contribution in [2.45, 2.75) is 18.4 Å². The highest BCUT2D eigenvalue weighted by molar-refractivity contribution is 6.35. The number of benzene rings is 1. The van der Waals surface area contributed by atoms with Crippen molar-refractivity contribution in [2.24, 2.45) is 12.8 Å². The van der Waals surface area contributed by atoms with Crippen molar-refractivity contribution in [1.82, 2.24) is 9.55 Å². The summed E-state index contributed by atoms with van der Waals surface area (Å²) in [6, 6.07) is 5.72. The molecule has 2 aromatic rings. The summed E-state index contributed by atoms with van der Waals surface area (Å²) in [5, 5.41) is 0.713. The number of ether oxygens (including phenoxy) is 1. The topological polar surface area (TPSA) is 53.1 Å². The quantitative estimate of drug-likeness (QED) is 0.856. The third-order valence-electron chi connectivity index (χ3n) is 3.87. The van der Waals surface area contributed by atoms with Gasteiger partial charge < -0.3 is 15.0 Å². The summed E-state index contributed by atoms with van der Waals surface area (Å²) in [7, 11) is 1.98. The Morgan fingerprint density at radius 2 is 2.33 bits per heavy atom. The van der Waals surface area contributed by atoms with Gasteiger partial charge in [-0.2, -0.15) is 0 Å². The van der Waals surface area contributed by atoms with Gasteiger partial charge in [0.25, 0.3) is 0 Å². The van der Waals surface area contributed by atoms with E-state index in [1.54, 1.807) is 0 Å². The van der Waals surface area contributed by atoms with Crippen LogP contribution in [-0.4, -0.2) is 28.8 Å². The Kier molecular flexibility index (Phi) is 2.62. The van der Waals surface area contributed by atoms with E-state index < -0.39 is 0 Å². The van der Waals surface area contributed by atoms with Gasteiger partial charge in [0.05, 0.1) is 34.7 Å². The van der Waals surface area contributed by atoms with Crippen molar-refractivity contribution in [3.8, 4) is 0 Å². The van der Waals surface area contributed by atoms with Gasteiger partial charge in [0.2, 0.25) is 0 Å². The van der Waals surface area contributed by atoms with Gasteiger partial charge in [-0.3, -0.25) is 0 Å². The number of imidazole rings is 1. The molecule has 5 heteroatoms. The average molecular weight is 266 g/mol. The summed E-state index contributed by atoms with van der Waals surface area (Å²) >= 11 is 6.24. The molecule has 0 aliphatic carbocycles. The van der Waals surface area contributed by atoms with Crippen molar-refractivity contribution < 1.29 is 4.74 Å². The van der Waals surface area contributed by atoms with Gasteiger partial charge in [-0.1, -0.05) is 17.7 Å². The third kappa shape index (κ3) is 1.49. The van der Waals surface area contributed by atoms with E-state index in [4.69, 9.17) is 27.1 Å². The van der Waals surface area contributed by atoms with Crippen LogP contribution in [0.25, 0.3) is 11.0 Å². The number of hydrogen-bond acceptors (Lipinski definition) is 3. The highest BCUT2D eigenvalue weighted by atomic mass is 35.5. The molecule has 2 atom stereocenters. The van der Waals surface area contributed by atoms with Crippen molar-refractivity contribution in [3.05, 3.63) is 29.0 Å². The fourth-order valence-electron chi connectivity index (χ4n) is 2.65. The van der Waals surface area contributed by atoms with Gasteiger partial charge in [-0.25, -0.2) is 4.98 Å². The molecule has 4 nitrogen and oxygen atoms in total. The molecule has 18 heavy (non-hydrogen) atoms. The lowest BCUT2D eigenvalue weighted by molar-refractivity contribution is 0.177. The van der Waals surface area contributed by atoms with Crippen LogP contribution in [0.4, 0.5) is 0 Å². The number of nitrogens with zero attached hydrogens (tertiary/aromatic N) is 2. The number of aryl methyl sites for hydroxylation is 1. The van der Waals surface area contributed by atoms with Crippen LogP contribution in [0.15, 0.2) is 18.2 Å². The molecule has 0 spiro atoms. The largest absolute Gasteiger partial charge is 0.379 e. The summed E-state index contributed by atoms with van der Waals surface area (Å²) in [6.45, 7) is 3.27. The molecular weight excluding hydrogens is 250 g/mol. The van der Waals surface area contributed by atoms with E-state index in [0.717, 1.165) is 16.9 Å². The van der Waals surface area contributed by atoms with E-state index >= 15 is 0 Å². The zero-order valence-corrected chi connectivity index (χ0v) is 11.2. The molecule has 0 radical (unpaired) electrons. The van der Waals surface area contributed by atoms with Gasteiger partial charge >= 0.3 is 0 Å². The molecule has 2 unspecified atom stereocenters. The third-order valence-corrected chi connectivity index (χ3v) is 4.18. The molecule has 1 fully saturated rings. The first-order valence-electron chi connectivity index (χ1n) is 5.99. The van der Waals surface area contributed by atoms with Crippen molar-refractivity contribution >= 4 is 22.6 Å². The maximum absolute atomic E-state index is 6.24. The van der Waals surface area contributed by atoms with Crippen LogP contribution in [0.3, 0.4) is 0 Å². The fraction of sp³-hybridized carbons (Fsp3) is 0.462. The lowest BCUT2D eigenvalue weighted by Gasteiger charge is -2.26. The molecular formula is C13H16ClN3O. The summed E-state index contributed by atoms with van der Waals surface area (Å²) < 4.78 is 7.53. The highest BCUT2D eigenvalue weighted by Crippen LogP contribution is 2.34. The van der Waals surface area contributed by atoms with Crippen LogP contribution in [-0.2, 0) is 17.2 Å². The molecule has 0 bridgehead atoms. The number of rotatable bonds is 1. The van der Waals surface area contributed by atoms with E-state index in [9.17, 15) is 0 Å². The van der Waals surface area contributed by atoms with Crippen LogP contribution in [0.5, 0.6) is 0 Å². The number of para-hydroxylation sites is 1. The molecule has 2 heterocycles. The zero-order valence-electron chi connectivity index (χ0n) is 10.5. The van der Waals surface area contributed by atoms with Crippen LogP contribution < -0.4 is 5.73 Å². The van der Waals surface area contributed by atoms with Crippen molar-refractivity contribution in [3.63, 3.8) is 0 Å². The molecule has 1 aliphatic rings. The summed E-state index contributed by atoms with van der Waals surface area (Å²) in [6.07, 6.45) is 0. The maximum atomic E-state index is 6.24. The number of fused-ring (bicyclic) bond motifs is 1. The van der Waals surface area contributed by atoms with Gasteiger partial charge in [0, 0.05) is 13.1 Å². The second kappa shape index (κ2) is 3.95. The molecule has 1 aliphatic heterocycles. The lowest BCUT2D eigenvalue weighted by Crippen LogP contribution is -2.43. The van der Waals surface area contributed by atoms with Crippen molar-refractivity contribution in [2.75, 3.05) is 13.2 Å².